The number of aromatic nitrogens is 3. The Hall–Kier alpha value is -2.44. The smallest absolute Gasteiger partial charge is 0.263 e. The molecule has 1 fully saturated rings. The van der Waals surface area contributed by atoms with E-state index in [0.29, 0.717) is 17.6 Å². The van der Waals surface area contributed by atoms with Crippen molar-refractivity contribution in [1.29, 1.82) is 0 Å². The lowest BCUT2D eigenvalue weighted by Gasteiger charge is -2.16. The molecule has 25 heavy (non-hydrogen) atoms. The SMILES string of the molecule is Cc1cc(C(=O)N(C)Cc2noc(C3CCCC3)n2)c(=O)n(C)c1C. The first kappa shape index (κ1) is 17.4. The molecule has 1 aliphatic rings. The summed E-state index contributed by atoms with van der Waals surface area (Å²) in [5.74, 6) is 1.14. The van der Waals surface area contributed by atoms with Gasteiger partial charge in [0.1, 0.15) is 5.56 Å². The Morgan fingerprint density at radius 2 is 2.04 bits per heavy atom. The first-order chi connectivity index (χ1) is 11.9. The topological polar surface area (TPSA) is 81.2 Å². The van der Waals surface area contributed by atoms with Crippen molar-refractivity contribution < 1.29 is 9.32 Å². The summed E-state index contributed by atoms with van der Waals surface area (Å²) in [6, 6.07) is 1.65. The van der Waals surface area contributed by atoms with Crippen LogP contribution in [0, 0.1) is 13.8 Å². The normalized spacial score (nSPS) is 14.9. The van der Waals surface area contributed by atoms with Gasteiger partial charge in [0.25, 0.3) is 11.5 Å². The molecular weight excluding hydrogens is 320 g/mol. The third-order valence-corrected chi connectivity index (χ3v) is 5.11. The number of pyridine rings is 1. The lowest BCUT2D eigenvalue weighted by Crippen LogP contribution is -2.34. The van der Waals surface area contributed by atoms with E-state index in [4.69, 9.17) is 4.52 Å². The average Bonchev–Trinajstić information content (AvgIpc) is 3.26. The Labute approximate surface area is 146 Å². The maximum Gasteiger partial charge on any atom is 0.263 e. The minimum absolute atomic E-state index is 0.160. The monoisotopic (exact) mass is 344 g/mol. The number of carbonyl (C=O) groups is 1. The summed E-state index contributed by atoms with van der Waals surface area (Å²) in [5, 5.41) is 3.99. The van der Waals surface area contributed by atoms with E-state index in [1.807, 2.05) is 13.8 Å². The zero-order valence-corrected chi connectivity index (χ0v) is 15.2. The van der Waals surface area contributed by atoms with Crippen LogP contribution in [0.3, 0.4) is 0 Å². The van der Waals surface area contributed by atoms with Gasteiger partial charge in [0.2, 0.25) is 5.89 Å². The minimum atomic E-state index is -0.337. The van der Waals surface area contributed by atoms with E-state index < -0.39 is 0 Å². The van der Waals surface area contributed by atoms with Crippen molar-refractivity contribution >= 4 is 5.91 Å². The highest BCUT2D eigenvalue weighted by Crippen LogP contribution is 2.32. The first-order valence-electron chi connectivity index (χ1n) is 8.63. The molecule has 7 nitrogen and oxygen atoms in total. The Bertz CT molecular complexity index is 846. The summed E-state index contributed by atoms with van der Waals surface area (Å²) < 4.78 is 6.85. The molecule has 1 aliphatic carbocycles. The molecule has 2 aromatic rings. The predicted molar refractivity (Wildman–Crippen MR) is 92.5 cm³/mol. The molecule has 0 spiro atoms. The number of nitrogens with zero attached hydrogens (tertiary/aromatic N) is 4. The van der Waals surface area contributed by atoms with Crippen LogP contribution in [0.5, 0.6) is 0 Å². The molecule has 0 radical (unpaired) electrons. The van der Waals surface area contributed by atoms with Crippen molar-refractivity contribution in [1.82, 2.24) is 19.6 Å². The van der Waals surface area contributed by atoms with E-state index in [2.05, 4.69) is 10.1 Å². The second-order valence-electron chi connectivity index (χ2n) is 6.88. The van der Waals surface area contributed by atoms with Crippen LogP contribution in [-0.2, 0) is 13.6 Å². The first-order valence-corrected chi connectivity index (χ1v) is 8.63. The Kier molecular flexibility index (Phi) is 4.74. The number of rotatable bonds is 4. The summed E-state index contributed by atoms with van der Waals surface area (Å²) in [6.45, 7) is 3.96. The van der Waals surface area contributed by atoms with Crippen LogP contribution in [0.1, 0.15) is 64.9 Å². The molecule has 0 saturated heterocycles. The van der Waals surface area contributed by atoms with Crippen LogP contribution < -0.4 is 5.56 Å². The van der Waals surface area contributed by atoms with Crippen molar-refractivity contribution in [3.05, 3.63) is 45.0 Å². The van der Waals surface area contributed by atoms with Crippen molar-refractivity contribution in [2.75, 3.05) is 7.05 Å². The number of carbonyl (C=O) groups excluding carboxylic acids is 1. The van der Waals surface area contributed by atoms with Gasteiger partial charge in [0.15, 0.2) is 5.82 Å². The van der Waals surface area contributed by atoms with Crippen molar-refractivity contribution in [2.24, 2.45) is 7.05 Å². The van der Waals surface area contributed by atoms with E-state index in [0.717, 1.165) is 24.1 Å². The van der Waals surface area contributed by atoms with Gasteiger partial charge in [-0.05, 0) is 38.3 Å². The largest absolute Gasteiger partial charge is 0.339 e. The highest BCUT2D eigenvalue weighted by atomic mass is 16.5. The summed E-state index contributed by atoms with van der Waals surface area (Å²) in [7, 11) is 3.32. The van der Waals surface area contributed by atoms with Crippen LogP contribution in [0.4, 0.5) is 0 Å². The summed E-state index contributed by atoms with van der Waals surface area (Å²) >= 11 is 0. The van der Waals surface area contributed by atoms with Gasteiger partial charge >= 0.3 is 0 Å². The molecule has 1 saturated carbocycles. The van der Waals surface area contributed by atoms with Crippen LogP contribution in [0.25, 0.3) is 0 Å². The van der Waals surface area contributed by atoms with Crippen molar-refractivity contribution in [3.63, 3.8) is 0 Å². The summed E-state index contributed by atoms with van der Waals surface area (Å²) in [5.41, 5.74) is 1.62. The zero-order chi connectivity index (χ0) is 18.1. The Balaban J connectivity index is 1.76. The third kappa shape index (κ3) is 3.36. The number of aryl methyl sites for hydroxylation is 1. The van der Waals surface area contributed by atoms with Gasteiger partial charge in [-0.2, -0.15) is 4.98 Å². The zero-order valence-electron chi connectivity index (χ0n) is 15.2. The van der Waals surface area contributed by atoms with Gasteiger partial charge in [0, 0.05) is 25.7 Å². The summed E-state index contributed by atoms with van der Waals surface area (Å²) in [4.78, 5) is 30.9. The molecule has 0 unspecified atom stereocenters. The molecule has 3 rings (SSSR count). The van der Waals surface area contributed by atoms with Gasteiger partial charge in [-0.25, -0.2) is 0 Å². The molecule has 7 heteroatoms. The average molecular weight is 344 g/mol. The molecule has 0 atom stereocenters. The standard InChI is InChI=1S/C18H24N4O3/c1-11-9-14(18(24)22(4)12(11)2)17(23)21(3)10-15-19-16(25-20-15)13-7-5-6-8-13/h9,13H,5-8,10H2,1-4H3. The van der Waals surface area contributed by atoms with E-state index in [1.54, 1.807) is 20.2 Å². The maximum absolute atomic E-state index is 12.7. The van der Waals surface area contributed by atoms with Crippen LogP contribution in [0.15, 0.2) is 15.4 Å². The highest BCUT2D eigenvalue weighted by molar-refractivity contribution is 5.93. The number of hydrogen-bond acceptors (Lipinski definition) is 5. The van der Waals surface area contributed by atoms with Gasteiger partial charge in [-0.15, -0.1) is 0 Å². The fourth-order valence-electron chi connectivity index (χ4n) is 3.29. The molecule has 134 valence electrons. The van der Waals surface area contributed by atoms with Gasteiger partial charge in [-0.3, -0.25) is 9.59 Å². The van der Waals surface area contributed by atoms with Gasteiger partial charge in [-0.1, -0.05) is 18.0 Å². The third-order valence-electron chi connectivity index (χ3n) is 5.11. The van der Waals surface area contributed by atoms with E-state index >= 15 is 0 Å². The fourth-order valence-corrected chi connectivity index (χ4v) is 3.29. The quantitative estimate of drug-likeness (QED) is 0.850. The van der Waals surface area contributed by atoms with Crippen LogP contribution in [-0.4, -0.2) is 32.6 Å². The van der Waals surface area contributed by atoms with Gasteiger partial charge in [0.05, 0.1) is 6.54 Å². The molecule has 0 aromatic carbocycles. The minimum Gasteiger partial charge on any atom is -0.339 e. The van der Waals surface area contributed by atoms with Crippen molar-refractivity contribution in [3.8, 4) is 0 Å². The molecule has 2 heterocycles. The Morgan fingerprint density at radius 1 is 1.36 bits per heavy atom. The van der Waals surface area contributed by atoms with E-state index in [9.17, 15) is 9.59 Å². The lowest BCUT2D eigenvalue weighted by atomic mass is 10.1. The molecular formula is C18H24N4O3. The molecule has 2 aromatic heterocycles. The fraction of sp³-hybridized carbons (Fsp3) is 0.556. The molecule has 1 amide bonds. The molecule has 0 bridgehead atoms. The number of amides is 1. The second kappa shape index (κ2) is 6.82. The number of hydrogen-bond donors (Lipinski definition) is 0. The molecule has 0 aliphatic heterocycles. The highest BCUT2D eigenvalue weighted by Gasteiger charge is 2.24. The second-order valence-corrected chi connectivity index (χ2v) is 6.88. The van der Waals surface area contributed by atoms with E-state index in [-0.39, 0.29) is 23.6 Å². The lowest BCUT2D eigenvalue weighted by molar-refractivity contribution is 0.0778. The van der Waals surface area contributed by atoms with Crippen LogP contribution in [0.2, 0.25) is 0 Å². The van der Waals surface area contributed by atoms with Crippen LogP contribution >= 0.6 is 0 Å². The Morgan fingerprint density at radius 3 is 2.72 bits per heavy atom. The summed E-state index contributed by atoms with van der Waals surface area (Å²) in [6.07, 6.45) is 4.54. The van der Waals surface area contributed by atoms with Crippen molar-refractivity contribution in [2.45, 2.75) is 52.0 Å². The molecule has 0 N–H and O–H groups in total. The van der Waals surface area contributed by atoms with Gasteiger partial charge < -0.3 is 14.0 Å². The maximum atomic E-state index is 12.7. The predicted octanol–water partition coefficient (Wildman–Crippen LogP) is 2.31. The van der Waals surface area contributed by atoms with E-state index in [1.165, 1.54) is 22.3 Å².